The van der Waals surface area contributed by atoms with Gasteiger partial charge < -0.3 is 4.57 Å². The Balaban J connectivity index is 2.22. The molecule has 7 nitrogen and oxygen atoms in total. The zero-order valence-corrected chi connectivity index (χ0v) is 16.1. The predicted octanol–water partition coefficient (Wildman–Crippen LogP) is 6.97. The van der Waals surface area contributed by atoms with Gasteiger partial charge in [0.1, 0.15) is 11.4 Å². The molecule has 0 saturated carbocycles. The molecule has 0 aliphatic carbocycles. The number of nitrogens with zero attached hydrogens (tertiary/aromatic N) is 5. The van der Waals surface area contributed by atoms with Crippen LogP contribution in [0, 0.1) is 17.0 Å². The topological polar surface area (TPSA) is 96.8 Å². The maximum atomic E-state index is 12.2. The largest absolute Gasteiger partial charge is 0.305 e. The average molecular weight is 395 g/mol. The lowest BCUT2D eigenvalue weighted by atomic mass is 10.1. The highest BCUT2D eigenvalue weighted by Crippen LogP contribution is 2.49. The molecule has 30 heavy (non-hydrogen) atoms. The summed E-state index contributed by atoms with van der Waals surface area (Å²) in [7, 11) is 0. The van der Waals surface area contributed by atoms with Gasteiger partial charge >= 0.3 is 5.69 Å². The van der Waals surface area contributed by atoms with Crippen molar-refractivity contribution >= 4 is 11.4 Å². The average Bonchev–Trinajstić information content (AvgIpc) is 3.11. The molecule has 0 bridgehead atoms. The lowest BCUT2D eigenvalue weighted by Gasteiger charge is -2.14. The van der Waals surface area contributed by atoms with Crippen LogP contribution in [0.3, 0.4) is 0 Å². The maximum absolute atomic E-state index is 12.2. The zero-order valence-electron chi connectivity index (χ0n) is 16.1. The highest BCUT2D eigenvalue weighted by atomic mass is 16.6. The van der Waals surface area contributed by atoms with Crippen molar-refractivity contribution in [2.24, 2.45) is 5.11 Å². The Hall–Kier alpha value is -4.35. The van der Waals surface area contributed by atoms with Crippen molar-refractivity contribution in [2.75, 3.05) is 0 Å². The van der Waals surface area contributed by atoms with E-state index in [9.17, 15) is 15.6 Å². The third kappa shape index (κ3) is 3.30. The van der Waals surface area contributed by atoms with Crippen LogP contribution in [0.2, 0.25) is 0 Å². The number of hydrogen-bond acceptors (Lipinski definition) is 3. The van der Waals surface area contributed by atoms with E-state index in [1.54, 1.807) is 4.57 Å². The minimum Gasteiger partial charge on any atom is -0.303 e. The van der Waals surface area contributed by atoms with Gasteiger partial charge in [0.2, 0.25) is 0 Å². The predicted molar refractivity (Wildman–Crippen MR) is 117 cm³/mol. The van der Waals surface area contributed by atoms with Crippen molar-refractivity contribution < 1.29 is 4.92 Å². The third-order valence-corrected chi connectivity index (χ3v) is 4.83. The Kier molecular flexibility index (Phi) is 5.03. The number of nitro groups is 1. The highest BCUT2D eigenvalue weighted by Gasteiger charge is 2.32. The first kappa shape index (κ1) is 19.0. The number of aryl methyl sites for hydroxylation is 1. The summed E-state index contributed by atoms with van der Waals surface area (Å²) in [4.78, 5) is 14.6. The minimum atomic E-state index is -0.483. The molecule has 4 rings (SSSR count). The molecular weight excluding hydrogens is 378 g/mol. The van der Waals surface area contributed by atoms with Crippen LogP contribution < -0.4 is 0 Å². The van der Waals surface area contributed by atoms with Gasteiger partial charge in [0.25, 0.3) is 0 Å². The highest BCUT2D eigenvalue weighted by molar-refractivity contribution is 5.92. The molecule has 0 spiro atoms. The first-order chi connectivity index (χ1) is 14.6. The molecule has 0 aliphatic heterocycles. The van der Waals surface area contributed by atoms with Crippen LogP contribution in [0.15, 0.2) is 90.0 Å². The summed E-state index contributed by atoms with van der Waals surface area (Å²) in [6, 6.07) is 26.0. The second-order valence-corrected chi connectivity index (χ2v) is 6.74. The molecule has 0 N–H and O–H groups in total. The minimum absolute atomic E-state index is 0.00636. The third-order valence-electron chi connectivity index (χ3n) is 4.83. The van der Waals surface area contributed by atoms with Gasteiger partial charge in [0, 0.05) is 16.2 Å². The van der Waals surface area contributed by atoms with Crippen molar-refractivity contribution in [3.05, 3.63) is 111 Å². The fraction of sp³-hybridized carbons (Fsp3) is 0.0435. The number of aromatic nitrogens is 1. The molecule has 0 aliphatic rings. The summed E-state index contributed by atoms with van der Waals surface area (Å²) >= 11 is 0. The Morgan fingerprint density at radius 2 is 1.40 bits per heavy atom. The number of hydrogen-bond donors (Lipinski definition) is 0. The van der Waals surface area contributed by atoms with Gasteiger partial charge in [-0.1, -0.05) is 83.5 Å². The van der Waals surface area contributed by atoms with E-state index in [-0.39, 0.29) is 11.4 Å². The van der Waals surface area contributed by atoms with E-state index >= 15 is 0 Å². The van der Waals surface area contributed by atoms with Gasteiger partial charge in [-0.05, 0) is 30.2 Å². The fourth-order valence-corrected chi connectivity index (χ4v) is 3.54. The van der Waals surface area contributed by atoms with Crippen LogP contribution in [0.25, 0.3) is 38.6 Å². The Morgan fingerprint density at radius 3 is 1.90 bits per heavy atom. The van der Waals surface area contributed by atoms with Crippen molar-refractivity contribution in [2.45, 2.75) is 6.92 Å². The smallest absolute Gasteiger partial charge is 0.303 e. The van der Waals surface area contributed by atoms with E-state index in [4.69, 9.17) is 0 Å². The van der Waals surface area contributed by atoms with Gasteiger partial charge in [-0.2, -0.15) is 0 Å². The summed E-state index contributed by atoms with van der Waals surface area (Å²) in [6.45, 7) is 1.98. The van der Waals surface area contributed by atoms with Gasteiger partial charge in [0.05, 0.1) is 10.6 Å². The number of benzene rings is 3. The van der Waals surface area contributed by atoms with Gasteiger partial charge in [-0.15, -0.1) is 0 Å². The van der Waals surface area contributed by atoms with Crippen LogP contribution in [-0.4, -0.2) is 9.49 Å². The second-order valence-electron chi connectivity index (χ2n) is 6.74. The van der Waals surface area contributed by atoms with Gasteiger partial charge in [0.15, 0.2) is 0 Å². The molecule has 0 radical (unpaired) electrons. The Labute approximate surface area is 172 Å². The first-order valence-electron chi connectivity index (χ1n) is 9.28. The molecule has 1 aromatic heterocycles. The molecule has 1 heterocycles. The Bertz CT molecular complexity index is 1190. The molecular formula is C23H17N5O2. The van der Waals surface area contributed by atoms with Crippen LogP contribution in [0.1, 0.15) is 5.56 Å². The van der Waals surface area contributed by atoms with Crippen LogP contribution in [0.4, 0.5) is 11.4 Å². The van der Waals surface area contributed by atoms with Crippen molar-refractivity contribution in [3.8, 4) is 28.2 Å². The van der Waals surface area contributed by atoms with Crippen molar-refractivity contribution in [1.82, 2.24) is 4.57 Å². The monoisotopic (exact) mass is 395 g/mol. The summed E-state index contributed by atoms with van der Waals surface area (Å²) in [5.41, 5.74) is 13.0. The number of azide groups is 1. The fourth-order valence-electron chi connectivity index (χ4n) is 3.54. The summed E-state index contributed by atoms with van der Waals surface area (Å²) in [6.07, 6.45) is 0. The molecule has 4 aromatic rings. The molecule has 3 aromatic carbocycles. The van der Waals surface area contributed by atoms with Crippen LogP contribution >= 0.6 is 0 Å². The van der Waals surface area contributed by atoms with Gasteiger partial charge in [-0.3, -0.25) is 10.1 Å². The van der Waals surface area contributed by atoms with E-state index in [2.05, 4.69) is 10.0 Å². The second kappa shape index (κ2) is 7.95. The van der Waals surface area contributed by atoms with Crippen molar-refractivity contribution in [3.63, 3.8) is 0 Å². The molecule has 146 valence electrons. The summed E-state index contributed by atoms with van der Waals surface area (Å²) in [5.74, 6) is 0. The van der Waals surface area contributed by atoms with E-state index in [1.165, 1.54) is 0 Å². The molecule has 7 heteroatoms. The maximum Gasteiger partial charge on any atom is 0.305 e. The molecule has 0 amide bonds. The van der Waals surface area contributed by atoms with Crippen molar-refractivity contribution in [1.29, 1.82) is 0 Å². The summed E-state index contributed by atoms with van der Waals surface area (Å²) in [5, 5.41) is 16.0. The van der Waals surface area contributed by atoms with E-state index in [0.29, 0.717) is 22.5 Å². The molecule has 0 atom stereocenters. The zero-order chi connectivity index (χ0) is 21.1. The molecule has 0 fully saturated rings. The van der Waals surface area contributed by atoms with Gasteiger partial charge in [-0.25, -0.2) is 0 Å². The van der Waals surface area contributed by atoms with Crippen LogP contribution in [0.5, 0.6) is 0 Å². The SMILES string of the molecule is Cc1ccc(-n2c(-c3ccccc3)c(N=[N+]=[N-])c([N+](=O)[O-])c2-c2ccccc2)cc1. The standard InChI is InChI=1S/C23H17N5O2/c1-16-12-14-19(15-13-16)27-21(17-8-4-2-5-9-17)20(25-26-24)23(28(29)30)22(27)18-10-6-3-7-11-18/h2-15H,1H3. The quantitative estimate of drug-likeness (QED) is 0.120. The molecule has 0 unspecified atom stereocenters. The van der Waals surface area contributed by atoms with E-state index in [1.807, 2.05) is 91.9 Å². The van der Waals surface area contributed by atoms with E-state index < -0.39 is 4.92 Å². The lowest BCUT2D eigenvalue weighted by molar-refractivity contribution is -0.383. The normalized spacial score (nSPS) is 10.4. The van der Waals surface area contributed by atoms with Crippen LogP contribution in [-0.2, 0) is 0 Å². The molecule has 0 saturated heterocycles. The first-order valence-corrected chi connectivity index (χ1v) is 9.28. The lowest BCUT2D eigenvalue weighted by Crippen LogP contribution is -2.00. The number of rotatable bonds is 5. The Morgan fingerprint density at radius 1 is 0.867 bits per heavy atom. The summed E-state index contributed by atoms with van der Waals surface area (Å²) < 4.78 is 1.80. The van der Waals surface area contributed by atoms with E-state index in [0.717, 1.165) is 11.3 Å².